The SMILES string of the molecule is O=C1NC(=O)c2c1c1c(c3c2-c2ccccc2[NH+]3[O-])Cc2ccccc2-1. The summed E-state index contributed by atoms with van der Waals surface area (Å²) in [6.07, 6.45) is 0.600. The van der Waals surface area contributed by atoms with E-state index in [4.69, 9.17) is 0 Å². The molecule has 5 heteroatoms. The fourth-order valence-electron chi connectivity index (χ4n) is 4.62. The molecule has 2 N–H and O–H groups in total. The first-order valence-electron chi connectivity index (χ1n) is 8.47. The number of hydrogen-bond acceptors (Lipinski definition) is 3. The summed E-state index contributed by atoms with van der Waals surface area (Å²) in [5, 5.41) is 15.5. The highest BCUT2D eigenvalue weighted by Gasteiger charge is 2.45. The number of amides is 2. The third-order valence-electron chi connectivity index (χ3n) is 5.61. The van der Waals surface area contributed by atoms with E-state index < -0.39 is 5.91 Å². The van der Waals surface area contributed by atoms with E-state index in [1.165, 1.54) is 0 Å². The molecule has 0 saturated carbocycles. The lowest BCUT2D eigenvalue weighted by molar-refractivity contribution is -0.694. The zero-order chi connectivity index (χ0) is 17.6. The minimum Gasteiger partial charge on any atom is -0.623 e. The highest BCUT2D eigenvalue weighted by molar-refractivity contribution is 6.29. The minimum atomic E-state index is -0.419. The third-order valence-corrected chi connectivity index (χ3v) is 5.61. The number of nitrogens with one attached hydrogen (secondary N) is 2. The lowest BCUT2D eigenvalue weighted by Gasteiger charge is -2.20. The van der Waals surface area contributed by atoms with Crippen LogP contribution < -0.4 is 10.4 Å². The van der Waals surface area contributed by atoms with Crippen LogP contribution in [0.2, 0.25) is 0 Å². The number of carbonyl (C=O) groups excluding carboxylic acids is 2. The summed E-state index contributed by atoms with van der Waals surface area (Å²) < 4.78 is 0. The summed E-state index contributed by atoms with van der Waals surface area (Å²) in [6, 6.07) is 15.1. The molecule has 124 valence electrons. The molecule has 2 heterocycles. The summed E-state index contributed by atoms with van der Waals surface area (Å²) in [4.78, 5) is 25.2. The number of rotatable bonds is 0. The van der Waals surface area contributed by atoms with Gasteiger partial charge in [-0.05, 0) is 17.2 Å². The molecule has 0 spiro atoms. The van der Waals surface area contributed by atoms with Gasteiger partial charge in [-0.25, -0.2) is 0 Å². The number of quaternary nitrogens is 1. The summed E-state index contributed by atoms with van der Waals surface area (Å²) >= 11 is 0. The molecule has 2 aliphatic heterocycles. The minimum absolute atomic E-state index is 0.0606. The quantitative estimate of drug-likeness (QED) is 0.381. The van der Waals surface area contributed by atoms with Gasteiger partial charge in [-0.1, -0.05) is 36.4 Å². The van der Waals surface area contributed by atoms with Crippen molar-refractivity contribution in [1.29, 1.82) is 0 Å². The second-order valence-electron chi connectivity index (χ2n) is 6.85. The van der Waals surface area contributed by atoms with Gasteiger partial charge in [0.2, 0.25) is 0 Å². The van der Waals surface area contributed by atoms with Crippen molar-refractivity contribution in [3.8, 4) is 22.3 Å². The Kier molecular flexibility index (Phi) is 2.39. The van der Waals surface area contributed by atoms with Crippen LogP contribution in [-0.4, -0.2) is 11.8 Å². The molecule has 0 aromatic heterocycles. The van der Waals surface area contributed by atoms with Crippen LogP contribution in [0.5, 0.6) is 0 Å². The van der Waals surface area contributed by atoms with Crippen LogP contribution in [0.25, 0.3) is 22.3 Å². The molecule has 6 rings (SSSR count). The highest BCUT2D eigenvalue weighted by atomic mass is 16.5. The Balaban J connectivity index is 1.83. The van der Waals surface area contributed by atoms with Crippen molar-refractivity contribution in [2.24, 2.45) is 0 Å². The zero-order valence-electron chi connectivity index (χ0n) is 13.6. The van der Waals surface area contributed by atoms with Gasteiger partial charge in [0.05, 0.1) is 22.3 Å². The fourth-order valence-corrected chi connectivity index (χ4v) is 4.62. The van der Waals surface area contributed by atoms with Crippen LogP contribution in [0, 0.1) is 5.21 Å². The predicted octanol–water partition coefficient (Wildman–Crippen LogP) is 2.47. The fraction of sp³-hybridized carbons (Fsp3) is 0.0476. The first-order valence-corrected chi connectivity index (χ1v) is 8.47. The van der Waals surface area contributed by atoms with Crippen LogP contribution in [0.3, 0.4) is 0 Å². The predicted molar refractivity (Wildman–Crippen MR) is 95.6 cm³/mol. The van der Waals surface area contributed by atoms with Crippen molar-refractivity contribution in [2.45, 2.75) is 6.42 Å². The summed E-state index contributed by atoms with van der Waals surface area (Å²) in [6.45, 7) is 0. The van der Waals surface area contributed by atoms with E-state index in [0.29, 0.717) is 34.5 Å². The van der Waals surface area contributed by atoms with Gasteiger partial charge >= 0.3 is 0 Å². The Morgan fingerprint density at radius 1 is 0.808 bits per heavy atom. The van der Waals surface area contributed by atoms with Gasteiger partial charge in [0.15, 0.2) is 0 Å². The lowest BCUT2D eigenvalue weighted by atomic mass is 9.88. The van der Waals surface area contributed by atoms with E-state index in [0.717, 1.165) is 27.8 Å². The smallest absolute Gasteiger partial charge is 0.259 e. The Labute approximate surface area is 148 Å². The maximum atomic E-state index is 13.2. The molecular formula is C21H12N2O3. The topological polar surface area (TPSA) is 73.7 Å². The molecule has 0 saturated heterocycles. The first kappa shape index (κ1) is 13.9. The molecule has 1 atom stereocenters. The number of carbonyl (C=O) groups is 2. The lowest BCUT2D eigenvalue weighted by Crippen LogP contribution is -2.95. The van der Waals surface area contributed by atoms with E-state index in [2.05, 4.69) is 5.32 Å². The molecule has 3 aromatic rings. The van der Waals surface area contributed by atoms with Crippen molar-refractivity contribution in [1.82, 2.24) is 5.32 Å². The average Bonchev–Trinajstić information content (AvgIpc) is 3.26. The zero-order valence-corrected chi connectivity index (χ0v) is 13.6. The van der Waals surface area contributed by atoms with Crippen molar-refractivity contribution in [2.75, 3.05) is 0 Å². The van der Waals surface area contributed by atoms with E-state index in [9.17, 15) is 14.8 Å². The monoisotopic (exact) mass is 340 g/mol. The number of fused-ring (bicyclic) bond motifs is 10. The number of para-hydroxylation sites is 1. The van der Waals surface area contributed by atoms with Crippen LogP contribution in [-0.2, 0) is 6.42 Å². The molecule has 2 amide bonds. The molecule has 0 radical (unpaired) electrons. The van der Waals surface area contributed by atoms with Crippen molar-refractivity contribution >= 4 is 23.2 Å². The Morgan fingerprint density at radius 3 is 2.27 bits per heavy atom. The van der Waals surface area contributed by atoms with Crippen LogP contribution >= 0.6 is 0 Å². The standard InChI is InChI=1S/C21H12N2O3/c24-20-17-15-11-6-2-1-5-10(11)9-13(15)19-16(18(17)21(25)22-20)12-7-3-4-8-14(12)23(19)26/h1-8,23H,9H2,(H,22,24,25). The van der Waals surface area contributed by atoms with Gasteiger partial charge in [0, 0.05) is 23.6 Å². The molecule has 1 aliphatic carbocycles. The normalized spacial score (nSPS) is 18.1. The number of benzene rings is 3. The first-order chi connectivity index (χ1) is 12.7. The van der Waals surface area contributed by atoms with Gasteiger partial charge in [0.25, 0.3) is 11.8 Å². The van der Waals surface area contributed by atoms with Gasteiger partial charge in [-0.2, -0.15) is 0 Å². The van der Waals surface area contributed by atoms with Crippen LogP contribution in [0.15, 0.2) is 48.5 Å². The molecule has 3 aromatic carbocycles. The van der Waals surface area contributed by atoms with Crippen LogP contribution in [0.4, 0.5) is 11.4 Å². The largest absolute Gasteiger partial charge is 0.623 e. The van der Waals surface area contributed by atoms with Gasteiger partial charge in [0.1, 0.15) is 11.4 Å². The summed E-state index contributed by atoms with van der Waals surface area (Å²) in [7, 11) is 0. The number of hydrogen-bond donors (Lipinski definition) is 2. The van der Waals surface area contributed by atoms with Gasteiger partial charge in [-0.3, -0.25) is 14.9 Å². The van der Waals surface area contributed by atoms with E-state index in [-0.39, 0.29) is 11.0 Å². The second kappa shape index (κ2) is 4.46. The van der Waals surface area contributed by atoms with Crippen molar-refractivity contribution in [3.63, 3.8) is 0 Å². The van der Waals surface area contributed by atoms with E-state index in [1.54, 1.807) is 6.07 Å². The van der Waals surface area contributed by atoms with Crippen LogP contribution in [0.1, 0.15) is 31.8 Å². The Bertz CT molecular complexity index is 1200. The van der Waals surface area contributed by atoms with Gasteiger partial charge < -0.3 is 10.3 Å². The van der Waals surface area contributed by atoms with Crippen molar-refractivity contribution < 1.29 is 14.7 Å². The second-order valence-corrected chi connectivity index (χ2v) is 6.85. The van der Waals surface area contributed by atoms with Crippen molar-refractivity contribution in [3.05, 3.63) is 76.0 Å². The maximum Gasteiger partial charge on any atom is 0.259 e. The highest BCUT2D eigenvalue weighted by Crippen LogP contribution is 2.52. The summed E-state index contributed by atoms with van der Waals surface area (Å²) in [5.74, 6) is -0.796. The molecule has 26 heavy (non-hydrogen) atoms. The molecule has 0 fully saturated rings. The maximum absolute atomic E-state index is 13.2. The molecule has 5 nitrogen and oxygen atoms in total. The molecule has 1 unspecified atom stereocenters. The van der Waals surface area contributed by atoms with E-state index >= 15 is 0 Å². The Hall–Kier alpha value is -3.28. The molecule has 3 aliphatic rings. The Morgan fingerprint density at radius 2 is 1.46 bits per heavy atom. The van der Waals surface area contributed by atoms with Gasteiger partial charge in [-0.15, -0.1) is 0 Å². The molecular weight excluding hydrogens is 328 g/mol. The summed E-state index contributed by atoms with van der Waals surface area (Å²) in [5.41, 5.74) is 6.94. The third kappa shape index (κ3) is 1.44. The number of imide groups is 1. The molecule has 0 bridgehead atoms. The van der Waals surface area contributed by atoms with E-state index in [1.807, 2.05) is 42.5 Å². The average molecular weight is 340 g/mol.